The lowest BCUT2D eigenvalue weighted by Gasteiger charge is -2.26. The van der Waals surface area contributed by atoms with Crippen LogP contribution in [0.1, 0.15) is 37.3 Å². The molecule has 2 heterocycles. The molecule has 1 unspecified atom stereocenters. The number of alkyl halides is 3. The highest BCUT2D eigenvalue weighted by Crippen LogP contribution is 2.45. The van der Waals surface area contributed by atoms with Gasteiger partial charge in [-0.2, -0.15) is 18.3 Å². The predicted octanol–water partition coefficient (Wildman–Crippen LogP) is 6.50. The smallest absolute Gasteiger partial charge is 0.416 e. The Morgan fingerprint density at radius 3 is 2.35 bits per heavy atom. The first kappa shape index (κ1) is 27.0. The zero-order chi connectivity index (χ0) is 28.6. The summed E-state index contributed by atoms with van der Waals surface area (Å²) in [6.45, 7) is 4.51. The van der Waals surface area contributed by atoms with E-state index in [9.17, 15) is 27.9 Å². The van der Waals surface area contributed by atoms with Crippen LogP contribution >= 0.6 is 0 Å². The van der Waals surface area contributed by atoms with E-state index in [1.165, 1.54) is 28.0 Å². The summed E-state index contributed by atoms with van der Waals surface area (Å²) in [4.78, 5) is 30.8. The molecule has 1 aromatic heterocycles. The molecule has 5 rings (SSSR count). The number of carbonyl (C=O) groups excluding carboxylic acids is 2. The fraction of sp³-hybridized carbons (Fsp3) is 0.233. The first-order chi connectivity index (χ1) is 19.1. The third kappa shape index (κ3) is 4.81. The average molecular weight is 549 g/mol. The number of aryl methyl sites for hydroxylation is 1. The van der Waals surface area contributed by atoms with Crippen molar-refractivity contribution in [3.05, 3.63) is 90.3 Å². The number of benzene rings is 3. The molecule has 0 saturated carbocycles. The number of likely N-dealkylation sites (N-methyl/N-ethyl adjacent to an activating group) is 1. The number of hydrogen-bond donors (Lipinski definition) is 1. The molecule has 0 saturated heterocycles. The van der Waals surface area contributed by atoms with Crippen molar-refractivity contribution in [1.29, 1.82) is 0 Å². The van der Waals surface area contributed by atoms with E-state index in [-0.39, 0.29) is 23.7 Å². The summed E-state index contributed by atoms with van der Waals surface area (Å²) in [6.07, 6.45) is -0.436. The Kier molecular flexibility index (Phi) is 7.10. The monoisotopic (exact) mass is 548 g/mol. The minimum atomic E-state index is -4.65. The van der Waals surface area contributed by atoms with Gasteiger partial charge in [0.25, 0.3) is 0 Å². The lowest BCUT2D eigenvalue weighted by atomic mass is 9.92. The normalized spacial score (nSPS) is 15.8. The maximum atomic E-state index is 14.3. The maximum Gasteiger partial charge on any atom is 0.416 e. The van der Waals surface area contributed by atoms with Crippen LogP contribution in [0.3, 0.4) is 0 Å². The van der Waals surface area contributed by atoms with Crippen molar-refractivity contribution in [1.82, 2.24) is 9.78 Å². The van der Waals surface area contributed by atoms with E-state index in [2.05, 4.69) is 5.10 Å². The summed E-state index contributed by atoms with van der Waals surface area (Å²) in [5.41, 5.74) is 0.835. The molecule has 1 aliphatic rings. The molecule has 0 spiro atoms. The third-order valence-corrected chi connectivity index (χ3v) is 6.90. The molecule has 0 radical (unpaired) electrons. The highest BCUT2D eigenvalue weighted by Gasteiger charge is 2.43. The van der Waals surface area contributed by atoms with Gasteiger partial charge in [0.2, 0.25) is 11.8 Å². The largest absolute Gasteiger partial charge is 0.507 e. The summed E-state index contributed by atoms with van der Waals surface area (Å²) in [7, 11) is 0. The molecule has 2 amide bonds. The van der Waals surface area contributed by atoms with E-state index in [1.54, 1.807) is 60.4 Å². The number of para-hydroxylation sites is 1. The molecular weight excluding hydrogens is 521 g/mol. The van der Waals surface area contributed by atoms with Gasteiger partial charge in [-0.05, 0) is 61.4 Å². The van der Waals surface area contributed by atoms with E-state index in [1.807, 2.05) is 6.92 Å². The summed E-state index contributed by atoms with van der Waals surface area (Å²) < 4.78 is 43.0. The highest BCUT2D eigenvalue weighted by atomic mass is 19.4. The molecule has 3 aromatic carbocycles. The zero-order valence-corrected chi connectivity index (χ0v) is 21.9. The van der Waals surface area contributed by atoms with E-state index in [0.717, 1.165) is 18.6 Å². The molecule has 0 aliphatic carbocycles. The SMILES string of the molecule is CCCn1cc(-c2cc(C3C(=O)N(CC)c4ccc(C(F)(F)F)cc4N(c4ccccc4)C3=O)ccc2O)cn1. The fourth-order valence-electron chi connectivity index (χ4n) is 5.01. The maximum absolute atomic E-state index is 14.3. The van der Waals surface area contributed by atoms with Crippen LogP contribution in [0.5, 0.6) is 5.75 Å². The van der Waals surface area contributed by atoms with Crippen molar-refractivity contribution in [2.24, 2.45) is 0 Å². The Bertz CT molecular complexity index is 1570. The van der Waals surface area contributed by atoms with Crippen LogP contribution in [0, 0.1) is 0 Å². The Morgan fingerprint density at radius 2 is 1.68 bits per heavy atom. The number of halogens is 3. The highest BCUT2D eigenvalue weighted by molar-refractivity contribution is 6.23. The van der Waals surface area contributed by atoms with E-state index in [4.69, 9.17) is 0 Å². The topological polar surface area (TPSA) is 78.7 Å². The minimum absolute atomic E-state index is 0.0384. The van der Waals surface area contributed by atoms with Gasteiger partial charge in [0.05, 0.1) is 23.1 Å². The molecule has 1 N–H and O–H groups in total. The Labute approximate surface area is 229 Å². The second kappa shape index (κ2) is 10.5. The van der Waals surface area contributed by atoms with Crippen molar-refractivity contribution in [2.45, 2.75) is 38.9 Å². The van der Waals surface area contributed by atoms with Crippen LogP contribution in [-0.2, 0) is 22.3 Å². The Morgan fingerprint density at radius 1 is 0.925 bits per heavy atom. The number of phenols is 1. The Hall–Kier alpha value is -4.60. The van der Waals surface area contributed by atoms with Gasteiger partial charge in [-0.1, -0.05) is 31.2 Å². The number of phenolic OH excluding ortho intramolecular Hbond substituents is 1. The third-order valence-electron chi connectivity index (χ3n) is 6.90. The lowest BCUT2D eigenvalue weighted by Crippen LogP contribution is -2.39. The lowest BCUT2D eigenvalue weighted by molar-refractivity contribution is -0.137. The van der Waals surface area contributed by atoms with Crippen LogP contribution in [0.25, 0.3) is 11.1 Å². The summed E-state index contributed by atoms with van der Waals surface area (Å²) in [5, 5.41) is 15.0. The average Bonchev–Trinajstić information content (AvgIpc) is 3.36. The van der Waals surface area contributed by atoms with Crippen LogP contribution < -0.4 is 9.80 Å². The van der Waals surface area contributed by atoms with Crippen molar-refractivity contribution < 1.29 is 27.9 Å². The second-order valence-corrected chi connectivity index (χ2v) is 9.49. The molecule has 1 atom stereocenters. The van der Waals surface area contributed by atoms with Gasteiger partial charge in [-0.3, -0.25) is 19.2 Å². The molecule has 7 nitrogen and oxygen atoms in total. The number of amides is 2. The van der Waals surface area contributed by atoms with E-state index >= 15 is 0 Å². The van der Waals surface area contributed by atoms with Crippen molar-refractivity contribution >= 4 is 28.9 Å². The number of hydrogen-bond acceptors (Lipinski definition) is 4. The van der Waals surface area contributed by atoms with Crippen LogP contribution in [0.4, 0.5) is 30.2 Å². The van der Waals surface area contributed by atoms with Crippen LogP contribution in [0.15, 0.2) is 79.1 Å². The first-order valence-corrected chi connectivity index (χ1v) is 12.9. The Balaban J connectivity index is 1.70. The molecule has 0 bridgehead atoms. The molecule has 0 fully saturated rings. The predicted molar refractivity (Wildman–Crippen MR) is 145 cm³/mol. The van der Waals surface area contributed by atoms with Gasteiger partial charge in [-0.25, -0.2) is 0 Å². The fourth-order valence-corrected chi connectivity index (χ4v) is 5.01. The summed E-state index contributed by atoms with van der Waals surface area (Å²) in [6, 6.07) is 15.8. The number of rotatable bonds is 6. The van der Waals surface area contributed by atoms with Gasteiger partial charge in [0.15, 0.2) is 0 Å². The van der Waals surface area contributed by atoms with Gasteiger partial charge in [0, 0.05) is 36.1 Å². The summed E-state index contributed by atoms with van der Waals surface area (Å²) >= 11 is 0. The van der Waals surface area contributed by atoms with Crippen LogP contribution in [-0.4, -0.2) is 33.2 Å². The summed E-state index contributed by atoms with van der Waals surface area (Å²) in [5.74, 6) is -2.72. The number of fused-ring (bicyclic) bond motifs is 1. The van der Waals surface area contributed by atoms with Crippen LogP contribution in [0.2, 0.25) is 0 Å². The van der Waals surface area contributed by atoms with Crippen molar-refractivity contribution in [2.75, 3.05) is 16.3 Å². The van der Waals surface area contributed by atoms with Gasteiger partial charge in [0.1, 0.15) is 11.7 Å². The first-order valence-electron chi connectivity index (χ1n) is 12.9. The second-order valence-electron chi connectivity index (χ2n) is 9.49. The number of aromatic nitrogens is 2. The molecule has 40 heavy (non-hydrogen) atoms. The van der Waals surface area contributed by atoms with Crippen molar-refractivity contribution in [3.63, 3.8) is 0 Å². The zero-order valence-electron chi connectivity index (χ0n) is 21.9. The van der Waals surface area contributed by atoms with Gasteiger partial charge >= 0.3 is 6.18 Å². The molecule has 206 valence electrons. The van der Waals surface area contributed by atoms with E-state index < -0.39 is 29.5 Å². The van der Waals surface area contributed by atoms with Crippen molar-refractivity contribution in [3.8, 4) is 16.9 Å². The molecular formula is C30H27F3N4O3. The number of aromatic hydroxyl groups is 1. The molecule has 10 heteroatoms. The van der Waals surface area contributed by atoms with Gasteiger partial charge in [-0.15, -0.1) is 0 Å². The number of carbonyl (C=O) groups is 2. The standard InChI is InChI=1S/C30H27F3N4O3/c1-3-14-35-18-20(17-34-35)23-15-19(10-13-26(23)38)27-28(39)36(4-2)24-12-11-21(30(31,32)33)16-25(24)37(29(27)40)22-8-6-5-7-9-22/h5-13,15-18,27,38H,3-4,14H2,1-2H3. The quantitative estimate of drug-likeness (QED) is 0.279. The molecule has 4 aromatic rings. The number of anilines is 3. The molecule has 1 aliphatic heterocycles. The number of nitrogens with zero attached hydrogens (tertiary/aromatic N) is 4. The van der Waals surface area contributed by atoms with Gasteiger partial charge < -0.3 is 10.0 Å². The minimum Gasteiger partial charge on any atom is -0.507 e. The van der Waals surface area contributed by atoms with E-state index in [0.29, 0.717) is 28.9 Å².